The van der Waals surface area contributed by atoms with Crippen LogP contribution in [-0.4, -0.2) is 36.6 Å². The summed E-state index contributed by atoms with van der Waals surface area (Å²) in [5.74, 6) is 0.938. The van der Waals surface area contributed by atoms with E-state index in [4.69, 9.17) is 0 Å². The van der Waals surface area contributed by atoms with E-state index in [1.165, 1.54) is 45.1 Å². The molecular weight excluding hydrogens is 208 g/mol. The number of rotatable bonds is 4. The SMILES string of the molecule is CC(NCC1CC2CCC(C1)N2C)C1(C)CC1. The standard InChI is InChI=1S/C15H28N2/c1-11(15(2)6-7-15)16-10-12-8-13-4-5-14(9-12)17(13)3/h11-14,16H,4-10H2,1-3H3. The normalized spacial score (nSPS) is 41.5. The monoisotopic (exact) mass is 236 g/mol. The zero-order valence-corrected chi connectivity index (χ0v) is 11.7. The van der Waals surface area contributed by atoms with E-state index in [2.05, 4.69) is 31.1 Å². The molecule has 98 valence electrons. The van der Waals surface area contributed by atoms with Crippen LogP contribution in [0, 0.1) is 11.3 Å². The summed E-state index contributed by atoms with van der Waals surface area (Å²) >= 11 is 0. The number of nitrogens with one attached hydrogen (secondary N) is 1. The Morgan fingerprint density at radius 2 is 1.82 bits per heavy atom. The van der Waals surface area contributed by atoms with Gasteiger partial charge in [0.25, 0.3) is 0 Å². The Morgan fingerprint density at radius 3 is 2.35 bits per heavy atom. The fourth-order valence-corrected chi connectivity index (χ4v) is 3.91. The summed E-state index contributed by atoms with van der Waals surface area (Å²) in [4.78, 5) is 2.64. The van der Waals surface area contributed by atoms with Crippen molar-refractivity contribution in [2.45, 2.75) is 70.5 Å². The van der Waals surface area contributed by atoms with E-state index in [-0.39, 0.29) is 0 Å². The topological polar surface area (TPSA) is 15.3 Å². The van der Waals surface area contributed by atoms with E-state index >= 15 is 0 Å². The lowest BCUT2D eigenvalue weighted by atomic mass is 9.90. The minimum Gasteiger partial charge on any atom is -0.313 e. The molecule has 2 heteroatoms. The van der Waals surface area contributed by atoms with Crippen LogP contribution in [-0.2, 0) is 0 Å². The van der Waals surface area contributed by atoms with Crippen LogP contribution in [0.3, 0.4) is 0 Å². The van der Waals surface area contributed by atoms with Crippen LogP contribution < -0.4 is 5.32 Å². The highest BCUT2D eigenvalue weighted by atomic mass is 15.2. The second kappa shape index (κ2) is 4.24. The van der Waals surface area contributed by atoms with Crippen LogP contribution in [0.5, 0.6) is 0 Å². The first-order valence-electron chi connectivity index (χ1n) is 7.54. The van der Waals surface area contributed by atoms with Crippen LogP contribution in [0.25, 0.3) is 0 Å². The highest BCUT2D eigenvalue weighted by molar-refractivity contribution is 4.98. The molecule has 3 rings (SSSR count). The first-order valence-corrected chi connectivity index (χ1v) is 7.54. The summed E-state index contributed by atoms with van der Waals surface area (Å²) in [5, 5.41) is 3.82. The number of nitrogens with zero attached hydrogens (tertiary/aromatic N) is 1. The van der Waals surface area contributed by atoms with Crippen LogP contribution in [0.4, 0.5) is 0 Å². The Hall–Kier alpha value is -0.0800. The Labute approximate surface area is 106 Å². The number of piperidine rings is 1. The lowest BCUT2D eigenvalue weighted by Gasteiger charge is -2.37. The van der Waals surface area contributed by atoms with Crippen LogP contribution in [0.15, 0.2) is 0 Å². The van der Waals surface area contributed by atoms with E-state index in [0.717, 1.165) is 24.0 Å². The van der Waals surface area contributed by atoms with Crippen LogP contribution in [0.2, 0.25) is 0 Å². The fourth-order valence-electron chi connectivity index (χ4n) is 3.91. The van der Waals surface area contributed by atoms with Crippen molar-refractivity contribution in [1.82, 2.24) is 10.2 Å². The predicted molar refractivity (Wildman–Crippen MR) is 72.1 cm³/mol. The number of hydrogen-bond acceptors (Lipinski definition) is 2. The van der Waals surface area contributed by atoms with Gasteiger partial charge < -0.3 is 10.2 Å². The third kappa shape index (κ3) is 2.26. The number of fused-ring (bicyclic) bond motifs is 2. The minimum absolute atomic E-state index is 0.629. The maximum Gasteiger partial charge on any atom is 0.00988 e. The van der Waals surface area contributed by atoms with Gasteiger partial charge in [0, 0.05) is 18.1 Å². The molecule has 2 bridgehead atoms. The number of hydrogen-bond donors (Lipinski definition) is 1. The molecule has 1 saturated carbocycles. The highest BCUT2D eigenvalue weighted by Gasteiger charge is 2.43. The first kappa shape index (κ1) is 12.0. The van der Waals surface area contributed by atoms with Gasteiger partial charge in [0.1, 0.15) is 0 Å². The molecule has 1 aliphatic carbocycles. The Kier molecular flexibility index (Phi) is 2.99. The van der Waals surface area contributed by atoms with Crippen molar-refractivity contribution in [1.29, 1.82) is 0 Å². The van der Waals surface area contributed by atoms with Crippen molar-refractivity contribution in [2.24, 2.45) is 11.3 Å². The van der Waals surface area contributed by atoms with Gasteiger partial charge in [-0.2, -0.15) is 0 Å². The van der Waals surface area contributed by atoms with Crippen LogP contribution in [0.1, 0.15) is 52.4 Å². The lowest BCUT2D eigenvalue weighted by molar-refractivity contribution is 0.129. The Bertz CT molecular complexity index is 271. The molecule has 3 fully saturated rings. The van der Waals surface area contributed by atoms with Gasteiger partial charge >= 0.3 is 0 Å². The third-order valence-corrected chi connectivity index (χ3v) is 5.99. The maximum atomic E-state index is 3.82. The molecule has 3 aliphatic rings. The molecule has 0 amide bonds. The molecular formula is C15H28N2. The van der Waals surface area contributed by atoms with E-state index in [0.29, 0.717) is 5.41 Å². The summed E-state index contributed by atoms with van der Waals surface area (Å²) in [6, 6.07) is 2.51. The lowest BCUT2D eigenvalue weighted by Crippen LogP contribution is -2.44. The summed E-state index contributed by atoms with van der Waals surface area (Å²) in [6.45, 7) is 6.08. The van der Waals surface area contributed by atoms with Gasteiger partial charge in [-0.05, 0) is 70.4 Å². The molecule has 2 aliphatic heterocycles. The molecule has 2 heterocycles. The summed E-state index contributed by atoms with van der Waals surface area (Å²) < 4.78 is 0. The predicted octanol–water partition coefficient (Wildman–Crippen LogP) is 2.64. The fraction of sp³-hybridized carbons (Fsp3) is 1.00. The molecule has 17 heavy (non-hydrogen) atoms. The van der Waals surface area contributed by atoms with Gasteiger partial charge in [-0.25, -0.2) is 0 Å². The first-order chi connectivity index (χ1) is 8.08. The molecule has 2 saturated heterocycles. The maximum absolute atomic E-state index is 3.82. The van der Waals surface area contributed by atoms with E-state index in [9.17, 15) is 0 Å². The second-order valence-corrected chi connectivity index (χ2v) is 7.17. The van der Waals surface area contributed by atoms with E-state index in [1.54, 1.807) is 0 Å². The molecule has 3 unspecified atom stereocenters. The summed E-state index contributed by atoms with van der Waals surface area (Å²) in [6.07, 6.45) is 8.63. The van der Waals surface area contributed by atoms with Crippen molar-refractivity contribution in [3.63, 3.8) is 0 Å². The van der Waals surface area contributed by atoms with Crippen molar-refractivity contribution in [3.8, 4) is 0 Å². The van der Waals surface area contributed by atoms with Crippen molar-refractivity contribution < 1.29 is 0 Å². The van der Waals surface area contributed by atoms with E-state index in [1.807, 2.05) is 0 Å². The zero-order valence-electron chi connectivity index (χ0n) is 11.7. The van der Waals surface area contributed by atoms with Crippen molar-refractivity contribution in [2.75, 3.05) is 13.6 Å². The minimum atomic E-state index is 0.629. The van der Waals surface area contributed by atoms with Gasteiger partial charge in [-0.3, -0.25) is 0 Å². The molecule has 0 aromatic heterocycles. The van der Waals surface area contributed by atoms with Crippen molar-refractivity contribution >= 4 is 0 Å². The van der Waals surface area contributed by atoms with Gasteiger partial charge in [-0.15, -0.1) is 0 Å². The van der Waals surface area contributed by atoms with Crippen molar-refractivity contribution in [3.05, 3.63) is 0 Å². The molecule has 3 atom stereocenters. The molecule has 1 N–H and O–H groups in total. The van der Waals surface area contributed by atoms with Gasteiger partial charge in [0.2, 0.25) is 0 Å². The highest BCUT2D eigenvalue weighted by Crippen LogP contribution is 2.48. The van der Waals surface area contributed by atoms with Gasteiger partial charge in [0.05, 0.1) is 0 Å². The molecule has 0 aromatic rings. The van der Waals surface area contributed by atoms with Crippen LogP contribution >= 0.6 is 0 Å². The molecule has 0 aromatic carbocycles. The summed E-state index contributed by atoms with van der Waals surface area (Å²) in [7, 11) is 2.33. The van der Waals surface area contributed by atoms with E-state index < -0.39 is 0 Å². The average molecular weight is 236 g/mol. The zero-order chi connectivity index (χ0) is 12.0. The third-order valence-electron chi connectivity index (χ3n) is 5.99. The quantitative estimate of drug-likeness (QED) is 0.807. The average Bonchev–Trinajstić information content (AvgIpc) is 3.03. The second-order valence-electron chi connectivity index (χ2n) is 7.17. The molecule has 2 nitrogen and oxygen atoms in total. The Balaban J connectivity index is 1.47. The van der Waals surface area contributed by atoms with Gasteiger partial charge in [0.15, 0.2) is 0 Å². The molecule has 0 radical (unpaired) electrons. The summed E-state index contributed by atoms with van der Waals surface area (Å²) in [5.41, 5.74) is 0.629. The smallest absolute Gasteiger partial charge is 0.00988 e. The largest absolute Gasteiger partial charge is 0.313 e. The van der Waals surface area contributed by atoms with Gasteiger partial charge in [-0.1, -0.05) is 6.92 Å². The molecule has 0 spiro atoms. The Morgan fingerprint density at radius 1 is 1.24 bits per heavy atom.